The molecule has 0 fully saturated rings. The first-order chi connectivity index (χ1) is 9.26. The summed E-state index contributed by atoms with van der Waals surface area (Å²) in [4.78, 5) is 0. The van der Waals surface area contributed by atoms with Crippen molar-refractivity contribution in [2.24, 2.45) is 0 Å². The number of rotatable bonds is 9. The maximum Gasteiger partial charge on any atom is 0.0991 e. The molecule has 0 aliphatic rings. The van der Waals surface area contributed by atoms with Crippen LogP contribution in [0.25, 0.3) is 0 Å². The molecule has 0 heterocycles. The van der Waals surface area contributed by atoms with Crippen LogP contribution in [0.2, 0.25) is 0 Å². The second kappa shape index (κ2) is 9.48. The lowest BCUT2D eigenvalue weighted by Crippen LogP contribution is -2.30. The highest BCUT2D eigenvalue weighted by Gasteiger charge is 2.03. The highest BCUT2D eigenvalue weighted by Crippen LogP contribution is 2.02. The lowest BCUT2D eigenvalue weighted by molar-refractivity contribution is 0.0137. The van der Waals surface area contributed by atoms with Gasteiger partial charge in [0, 0.05) is 20.2 Å². The minimum atomic E-state index is -0.532. The van der Waals surface area contributed by atoms with E-state index >= 15 is 0 Å². The first-order valence-electron chi connectivity index (χ1n) is 6.20. The van der Waals surface area contributed by atoms with Crippen LogP contribution in [0.3, 0.4) is 0 Å². The summed E-state index contributed by atoms with van der Waals surface area (Å²) in [6, 6.07) is 9.42. The fourth-order valence-corrected chi connectivity index (χ4v) is 1.50. The first kappa shape index (κ1) is 15.6. The van der Waals surface area contributed by atoms with E-state index in [2.05, 4.69) is 11.4 Å². The topological polar surface area (TPSA) is 74.5 Å². The summed E-state index contributed by atoms with van der Waals surface area (Å²) in [7, 11) is 1.61. The lowest BCUT2D eigenvalue weighted by atomic mass is 10.1. The Kier molecular flexibility index (Phi) is 7.78. The van der Waals surface area contributed by atoms with Gasteiger partial charge in [-0.25, -0.2) is 0 Å². The molecule has 5 nitrogen and oxygen atoms in total. The maximum absolute atomic E-state index is 9.64. The number of benzene rings is 1. The summed E-state index contributed by atoms with van der Waals surface area (Å²) in [6.45, 7) is 2.44. The fourth-order valence-electron chi connectivity index (χ4n) is 1.50. The van der Waals surface area contributed by atoms with E-state index in [1.54, 1.807) is 19.2 Å². The summed E-state index contributed by atoms with van der Waals surface area (Å²) in [6.07, 6.45) is -0.532. The van der Waals surface area contributed by atoms with Gasteiger partial charge in [0.15, 0.2) is 0 Å². The van der Waals surface area contributed by atoms with Gasteiger partial charge in [0.1, 0.15) is 0 Å². The number of aliphatic hydroxyl groups excluding tert-OH is 1. The van der Waals surface area contributed by atoms with Crippen molar-refractivity contribution < 1.29 is 14.6 Å². The van der Waals surface area contributed by atoms with Gasteiger partial charge in [-0.2, -0.15) is 5.26 Å². The number of ether oxygens (including phenoxy) is 2. The summed E-state index contributed by atoms with van der Waals surface area (Å²) in [5.41, 5.74) is 1.72. The Morgan fingerprint density at radius 2 is 2.05 bits per heavy atom. The number of nitrogens with zero attached hydrogens (tertiary/aromatic N) is 1. The van der Waals surface area contributed by atoms with Crippen molar-refractivity contribution in [3.8, 4) is 6.07 Å². The fraction of sp³-hybridized carbons (Fsp3) is 0.500. The third-order valence-corrected chi connectivity index (χ3v) is 2.53. The zero-order valence-corrected chi connectivity index (χ0v) is 11.1. The van der Waals surface area contributed by atoms with Crippen LogP contribution in [-0.4, -0.2) is 44.7 Å². The Morgan fingerprint density at radius 1 is 1.32 bits per heavy atom. The summed E-state index contributed by atoms with van der Waals surface area (Å²) < 4.78 is 10.1. The lowest BCUT2D eigenvalue weighted by Gasteiger charge is -2.12. The number of aliphatic hydroxyl groups is 1. The van der Waals surface area contributed by atoms with E-state index in [1.807, 2.05) is 12.1 Å². The third-order valence-electron chi connectivity index (χ3n) is 2.53. The van der Waals surface area contributed by atoms with Gasteiger partial charge in [0.25, 0.3) is 0 Å². The highest BCUT2D eigenvalue weighted by molar-refractivity contribution is 5.31. The number of nitrogens with one attached hydrogen (secondary N) is 1. The molecule has 1 aromatic carbocycles. The average molecular weight is 264 g/mol. The average Bonchev–Trinajstić information content (AvgIpc) is 2.44. The molecule has 1 aromatic rings. The Bertz CT molecular complexity index is 387. The quantitative estimate of drug-likeness (QED) is 0.641. The molecular formula is C14H20N2O3. The molecule has 0 bridgehead atoms. The van der Waals surface area contributed by atoms with E-state index in [1.165, 1.54) is 0 Å². The summed E-state index contributed by atoms with van der Waals surface area (Å²) in [5, 5.41) is 21.4. The molecule has 0 aliphatic carbocycles. The Hall–Kier alpha value is -1.45. The van der Waals surface area contributed by atoms with Crippen LogP contribution in [0, 0.1) is 11.3 Å². The van der Waals surface area contributed by atoms with E-state index in [0.717, 1.165) is 5.56 Å². The Morgan fingerprint density at radius 3 is 2.68 bits per heavy atom. The summed E-state index contributed by atoms with van der Waals surface area (Å²) in [5.74, 6) is 0. The van der Waals surface area contributed by atoms with Gasteiger partial charge in [0.2, 0.25) is 0 Å². The molecule has 2 N–H and O–H groups in total. The molecular weight excluding hydrogens is 244 g/mol. The second-order valence-electron chi connectivity index (χ2n) is 4.16. The molecule has 0 aliphatic heterocycles. The molecule has 104 valence electrons. The monoisotopic (exact) mass is 264 g/mol. The van der Waals surface area contributed by atoms with Gasteiger partial charge in [0.05, 0.1) is 37.6 Å². The zero-order valence-electron chi connectivity index (χ0n) is 11.1. The molecule has 0 amide bonds. The minimum Gasteiger partial charge on any atom is -0.389 e. The second-order valence-corrected chi connectivity index (χ2v) is 4.16. The molecule has 0 radical (unpaired) electrons. The zero-order chi connectivity index (χ0) is 13.9. The summed E-state index contributed by atoms with van der Waals surface area (Å²) >= 11 is 0. The predicted octanol–water partition coefficient (Wildman–Crippen LogP) is 0.672. The highest BCUT2D eigenvalue weighted by atomic mass is 16.5. The van der Waals surface area contributed by atoms with Crippen molar-refractivity contribution in [1.82, 2.24) is 5.32 Å². The number of hydrogen-bond acceptors (Lipinski definition) is 5. The molecule has 0 aromatic heterocycles. The Labute approximate surface area is 113 Å². The largest absolute Gasteiger partial charge is 0.389 e. The van der Waals surface area contributed by atoms with Crippen molar-refractivity contribution in [3.05, 3.63) is 35.4 Å². The molecule has 5 heteroatoms. The van der Waals surface area contributed by atoms with Gasteiger partial charge >= 0.3 is 0 Å². The van der Waals surface area contributed by atoms with Gasteiger partial charge in [-0.05, 0) is 17.7 Å². The third kappa shape index (κ3) is 6.89. The number of hydrogen-bond donors (Lipinski definition) is 2. The molecule has 0 spiro atoms. The maximum atomic E-state index is 9.64. The molecule has 0 saturated heterocycles. The van der Waals surface area contributed by atoms with Crippen molar-refractivity contribution in [2.75, 3.05) is 33.5 Å². The predicted molar refractivity (Wildman–Crippen MR) is 71.6 cm³/mol. The molecule has 19 heavy (non-hydrogen) atoms. The van der Waals surface area contributed by atoms with Gasteiger partial charge in [-0.1, -0.05) is 12.1 Å². The molecule has 1 atom stereocenters. The normalized spacial score (nSPS) is 12.1. The van der Waals surface area contributed by atoms with Gasteiger partial charge < -0.3 is 19.9 Å². The van der Waals surface area contributed by atoms with Crippen LogP contribution in [0.4, 0.5) is 0 Å². The Balaban J connectivity index is 2.13. The molecule has 1 unspecified atom stereocenters. The van der Waals surface area contributed by atoms with Crippen LogP contribution in [-0.2, 0) is 16.0 Å². The van der Waals surface area contributed by atoms with Gasteiger partial charge in [-0.3, -0.25) is 0 Å². The number of nitriles is 1. The van der Waals surface area contributed by atoms with E-state index in [0.29, 0.717) is 38.5 Å². The standard InChI is InChI=1S/C14H20N2O3/c1-18-6-7-19-11-14(17)10-16-9-13-4-2-12(8-15)3-5-13/h2-5,14,16-17H,6-7,9-11H2,1H3. The van der Waals surface area contributed by atoms with E-state index < -0.39 is 6.10 Å². The van der Waals surface area contributed by atoms with Crippen LogP contribution >= 0.6 is 0 Å². The SMILES string of the molecule is COCCOCC(O)CNCc1ccc(C#N)cc1. The van der Waals surface area contributed by atoms with Crippen molar-refractivity contribution in [1.29, 1.82) is 5.26 Å². The van der Waals surface area contributed by atoms with Crippen molar-refractivity contribution in [2.45, 2.75) is 12.6 Å². The molecule has 0 saturated carbocycles. The number of methoxy groups -OCH3 is 1. The van der Waals surface area contributed by atoms with Crippen LogP contribution in [0.5, 0.6) is 0 Å². The van der Waals surface area contributed by atoms with Crippen LogP contribution in [0.1, 0.15) is 11.1 Å². The van der Waals surface area contributed by atoms with Gasteiger partial charge in [-0.15, -0.1) is 0 Å². The minimum absolute atomic E-state index is 0.295. The van der Waals surface area contributed by atoms with Crippen LogP contribution in [0.15, 0.2) is 24.3 Å². The first-order valence-corrected chi connectivity index (χ1v) is 6.20. The smallest absolute Gasteiger partial charge is 0.0991 e. The van der Waals surface area contributed by atoms with E-state index in [-0.39, 0.29) is 0 Å². The molecule has 1 rings (SSSR count). The van der Waals surface area contributed by atoms with E-state index in [9.17, 15) is 5.11 Å². The van der Waals surface area contributed by atoms with Crippen LogP contribution < -0.4 is 5.32 Å². The van der Waals surface area contributed by atoms with Crippen molar-refractivity contribution in [3.63, 3.8) is 0 Å². The van der Waals surface area contributed by atoms with E-state index in [4.69, 9.17) is 14.7 Å². The van der Waals surface area contributed by atoms with Crippen molar-refractivity contribution >= 4 is 0 Å².